The molecule has 1 heterocycles. The Morgan fingerprint density at radius 1 is 0.708 bits per heavy atom. The third-order valence-corrected chi connectivity index (χ3v) is 3.18. The lowest BCUT2D eigenvalue weighted by Crippen LogP contribution is -2.61. The van der Waals surface area contributed by atoms with Gasteiger partial charge in [-0.15, -0.1) is 0 Å². The number of hydrogen-bond donors (Lipinski definition) is 0. The van der Waals surface area contributed by atoms with E-state index in [4.69, 9.17) is 23.7 Å². The summed E-state index contributed by atoms with van der Waals surface area (Å²) in [6, 6.07) is 0. The lowest BCUT2D eigenvalue weighted by molar-refractivity contribution is -0.296. The van der Waals surface area contributed by atoms with Gasteiger partial charge >= 0.3 is 23.9 Å². The molecule has 9 nitrogen and oxygen atoms in total. The first-order valence-electron chi connectivity index (χ1n) is 7.50. The molecule has 0 aromatic rings. The Morgan fingerprint density at radius 3 is 1.54 bits per heavy atom. The zero-order valence-corrected chi connectivity index (χ0v) is 14.3. The van der Waals surface area contributed by atoms with Crippen LogP contribution in [0.4, 0.5) is 0 Å². The van der Waals surface area contributed by atoms with E-state index < -0.39 is 54.6 Å². The Bertz CT molecular complexity index is 501. The fourth-order valence-electron chi connectivity index (χ4n) is 2.44. The van der Waals surface area contributed by atoms with E-state index in [0.717, 1.165) is 20.8 Å². The van der Waals surface area contributed by atoms with E-state index in [1.54, 1.807) is 6.92 Å². The van der Waals surface area contributed by atoms with Crippen LogP contribution in [0.2, 0.25) is 0 Å². The minimum Gasteiger partial charge on any atom is -0.456 e. The molecule has 0 spiro atoms. The molecule has 1 fully saturated rings. The standard InChI is InChI=1S/C15H22O9/c1-6-11-12(20-7(2)16)13(21-8(3)17)14(22-9(4)18)15(24-11)23-10(5)19/h11-15H,6H2,1-5H3. The maximum atomic E-state index is 11.4. The van der Waals surface area contributed by atoms with Crippen LogP contribution in [0.25, 0.3) is 0 Å². The summed E-state index contributed by atoms with van der Waals surface area (Å²) in [5, 5.41) is 0. The van der Waals surface area contributed by atoms with Gasteiger partial charge in [-0.25, -0.2) is 0 Å². The van der Waals surface area contributed by atoms with Crippen molar-refractivity contribution in [1.29, 1.82) is 0 Å². The summed E-state index contributed by atoms with van der Waals surface area (Å²) in [5.74, 6) is -2.66. The molecule has 5 atom stereocenters. The molecule has 24 heavy (non-hydrogen) atoms. The third kappa shape index (κ3) is 5.48. The van der Waals surface area contributed by atoms with Gasteiger partial charge < -0.3 is 23.7 Å². The van der Waals surface area contributed by atoms with E-state index in [9.17, 15) is 19.2 Å². The molecule has 0 bridgehead atoms. The maximum absolute atomic E-state index is 11.4. The zero-order chi connectivity index (χ0) is 18.4. The van der Waals surface area contributed by atoms with Gasteiger partial charge in [0.25, 0.3) is 0 Å². The number of carbonyl (C=O) groups excluding carboxylic acids is 4. The molecule has 1 rings (SSSR count). The molecule has 1 aliphatic heterocycles. The van der Waals surface area contributed by atoms with Crippen LogP contribution in [0, 0.1) is 0 Å². The highest BCUT2D eigenvalue weighted by molar-refractivity contribution is 5.69. The van der Waals surface area contributed by atoms with E-state index in [1.165, 1.54) is 6.92 Å². The van der Waals surface area contributed by atoms with Crippen LogP contribution in [0.1, 0.15) is 41.0 Å². The SMILES string of the molecule is CCC1OC(OC(C)=O)C(OC(C)=O)C(OC(C)=O)C1OC(C)=O. The monoisotopic (exact) mass is 346 g/mol. The van der Waals surface area contributed by atoms with Gasteiger partial charge in [0.1, 0.15) is 6.10 Å². The topological polar surface area (TPSA) is 114 Å². The predicted molar refractivity (Wildman–Crippen MR) is 77.4 cm³/mol. The Balaban J connectivity index is 3.23. The van der Waals surface area contributed by atoms with Crippen molar-refractivity contribution in [1.82, 2.24) is 0 Å². The van der Waals surface area contributed by atoms with Crippen LogP contribution in [0.15, 0.2) is 0 Å². The van der Waals surface area contributed by atoms with Crippen molar-refractivity contribution in [3.05, 3.63) is 0 Å². The van der Waals surface area contributed by atoms with Gasteiger partial charge in [0.05, 0.1) is 0 Å². The first kappa shape index (κ1) is 19.9. The Kier molecular flexibility index (Phi) is 7.15. The summed E-state index contributed by atoms with van der Waals surface area (Å²) in [7, 11) is 0. The lowest BCUT2D eigenvalue weighted by Gasteiger charge is -2.43. The molecule has 0 amide bonds. The number of esters is 4. The van der Waals surface area contributed by atoms with Crippen molar-refractivity contribution < 1.29 is 42.9 Å². The number of ether oxygens (including phenoxy) is 5. The first-order chi connectivity index (χ1) is 11.1. The molecule has 0 N–H and O–H groups in total. The van der Waals surface area contributed by atoms with E-state index in [1.807, 2.05) is 0 Å². The largest absolute Gasteiger partial charge is 0.456 e. The fraction of sp³-hybridized carbons (Fsp3) is 0.733. The molecular formula is C15H22O9. The van der Waals surface area contributed by atoms with E-state index in [-0.39, 0.29) is 0 Å². The number of rotatable bonds is 5. The highest BCUT2D eigenvalue weighted by Crippen LogP contribution is 2.30. The second-order valence-corrected chi connectivity index (χ2v) is 5.28. The van der Waals surface area contributed by atoms with Crippen molar-refractivity contribution >= 4 is 23.9 Å². The Labute approximate surface area is 139 Å². The molecular weight excluding hydrogens is 324 g/mol. The quantitative estimate of drug-likeness (QED) is 0.518. The summed E-state index contributed by atoms with van der Waals surface area (Å²) >= 11 is 0. The summed E-state index contributed by atoms with van der Waals surface area (Å²) in [5.41, 5.74) is 0. The minimum absolute atomic E-state index is 0.375. The van der Waals surface area contributed by atoms with E-state index >= 15 is 0 Å². The second-order valence-electron chi connectivity index (χ2n) is 5.28. The highest BCUT2D eigenvalue weighted by Gasteiger charge is 2.52. The average molecular weight is 346 g/mol. The van der Waals surface area contributed by atoms with Crippen LogP contribution >= 0.6 is 0 Å². The molecule has 5 unspecified atom stereocenters. The Hall–Kier alpha value is -2.16. The number of hydrogen-bond acceptors (Lipinski definition) is 9. The summed E-state index contributed by atoms with van der Waals surface area (Å²) in [6.45, 7) is 6.41. The molecule has 1 aliphatic rings. The van der Waals surface area contributed by atoms with Gasteiger partial charge in [-0.2, -0.15) is 0 Å². The maximum Gasteiger partial charge on any atom is 0.305 e. The number of carbonyl (C=O) groups is 4. The molecule has 0 aliphatic carbocycles. The van der Waals surface area contributed by atoms with Crippen LogP contribution in [-0.4, -0.2) is 54.6 Å². The summed E-state index contributed by atoms with van der Waals surface area (Å²) in [6.07, 6.45) is -5.06. The van der Waals surface area contributed by atoms with E-state index in [0.29, 0.717) is 6.42 Å². The van der Waals surface area contributed by atoms with Gasteiger partial charge in [-0.05, 0) is 6.42 Å². The highest BCUT2D eigenvalue weighted by atomic mass is 16.7. The molecule has 0 saturated carbocycles. The summed E-state index contributed by atoms with van der Waals surface area (Å²) in [4.78, 5) is 45.5. The fourth-order valence-corrected chi connectivity index (χ4v) is 2.44. The molecule has 0 aromatic carbocycles. The van der Waals surface area contributed by atoms with Gasteiger partial charge in [0, 0.05) is 27.7 Å². The van der Waals surface area contributed by atoms with Crippen molar-refractivity contribution in [2.24, 2.45) is 0 Å². The molecule has 0 radical (unpaired) electrons. The van der Waals surface area contributed by atoms with Gasteiger partial charge in [-0.1, -0.05) is 6.92 Å². The summed E-state index contributed by atoms with van der Waals surface area (Å²) < 4.78 is 26.1. The first-order valence-corrected chi connectivity index (χ1v) is 7.50. The Morgan fingerprint density at radius 2 is 1.12 bits per heavy atom. The lowest BCUT2D eigenvalue weighted by atomic mass is 9.96. The van der Waals surface area contributed by atoms with Crippen LogP contribution in [-0.2, 0) is 42.9 Å². The molecule has 9 heteroatoms. The molecule has 0 aromatic heterocycles. The third-order valence-electron chi connectivity index (χ3n) is 3.18. The predicted octanol–water partition coefficient (Wildman–Crippen LogP) is 0.479. The normalized spacial score (nSPS) is 29.3. The minimum atomic E-state index is -1.28. The average Bonchev–Trinajstić information content (AvgIpc) is 2.42. The smallest absolute Gasteiger partial charge is 0.305 e. The second kappa shape index (κ2) is 8.62. The van der Waals surface area contributed by atoms with Crippen LogP contribution in [0.3, 0.4) is 0 Å². The van der Waals surface area contributed by atoms with Gasteiger partial charge in [0.15, 0.2) is 12.2 Å². The van der Waals surface area contributed by atoms with Crippen molar-refractivity contribution in [2.75, 3.05) is 0 Å². The van der Waals surface area contributed by atoms with E-state index in [2.05, 4.69) is 0 Å². The van der Waals surface area contributed by atoms with Crippen molar-refractivity contribution in [3.8, 4) is 0 Å². The van der Waals surface area contributed by atoms with Crippen molar-refractivity contribution in [2.45, 2.75) is 71.7 Å². The van der Waals surface area contributed by atoms with Gasteiger partial charge in [0.2, 0.25) is 12.4 Å². The van der Waals surface area contributed by atoms with Crippen LogP contribution in [0.5, 0.6) is 0 Å². The van der Waals surface area contributed by atoms with Crippen LogP contribution < -0.4 is 0 Å². The molecule has 136 valence electrons. The zero-order valence-electron chi connectivity index (χ0n) is 14.3. The van der Waals surface area contributed by atoms with Crippen molar-refractivity contribution in [3.63, 3.8) is 0 Å². The molecule has 1 saturated heterocycles. The van der Waals surface area contributed by atoms with Gasteiger partial charge in [-0.3, -0.25) is 19.2 Å².